The van der Waals surface area contributed by atoms with Crippen LogP contribution >= 0.6 is 11.6 Å². The second kappa shape index (κ2) is 12.2. The molecule has 1 saturated heterocycles. The number of hydrogen-bond acceptors (Lipinski definition) is 10. The number of aromatic nitrogens is 3. The van der Waals surface area contributed by atoms with E-state index in [1.807, 2.05) is 6.07 Å². The number of anilines is 6. The van der Waals surface area contributed by atoms with Crippen molar-refractivity contribution in [3.05, 3.63) is 59.7 Å². The number of carbonyl (C=O) groups excluding carboxylic acids is 1. The maximum absolute atomic E-state index is 14.3. The van der Waals surface area contributed by atoms with Gasteiger partial charge in [0.05, 0.1) is 34.8 Å². The van der Waals surface area contributed by atoms with Crippen LogP contribution in [0.4, 0.5) is 39.0 Å². The van der Waals surface area contributed by atoms with Gasteiger partial charge in [0, 0.05) is 36.4 Å². The molecule has 2 heterocycles. The van der Waals surface area contributed by atoms with Crippen molar-refractivity contribution in [3.8, 4) is 5.75 Å². The predicted molar refractivity (Wildman–Crippen MR) is 159 cm³/mol. The third kappa shape index (κ3) is 7.02. The molecule has 0 saturated carbocycles. The Morgan fingerprint density at radius 1 is 1.20 bits per heavy atom. The maximum Gasteiger partial charge on any atom is 0.247 e. The number of carbonyl (C=O) groups is 1. The highest BCUT2D eigenvalue weighted by molar-refractivity contribution is 6.30. The minimum Gasteiger partial charge on any atom is -0.494 e. The van der Waals surface area contributed by atoms with Crippen molar-refractivity contribution in [1.82, 2.24) is 19.9 Å². The van der Waals surface area contributed by atoms with Crippen LogP contribution in [0.15, 0.2) is 43.2 Å². The van der Waals surface area contributed by atoms with Crippen LogP contribution in [0.5, 0.6) is 5.75 Å². The third-order valence-corrected chi connectivity index (χ3v) is 7.07. The zero-order chi connectivity index (χ0) is 29.9. The van der Waals surface area contributed by atoms with Crippen LogP contribution in [0.1, 0.15) is 25.8 Å². The summed E-state index contributed by atoms with van der Waals surface area (Å²) >= 11 is 5.95. The van der Waals surface area contributed by atoms with Gasteiger partial charge in [0.1, 0.15) is 17.9 Å². The van der Waals surface area contributed by atoms with E-state index in [2.05, 4.69) is 61.4 Å². The van der Waals surface area contributed by atoms with Crippen molar-refractivity contribution >= 4 is 52.2 Å². The largest absolute Gasteiger partial charge is 0.494 e. The summed E-state index contributed by atoms with van der Waals surface area (Å²) in [5, 5.41) is 19.4. The van der Waals surface area contributed by atoms with Crippen LogP contribution in [0.25, 0.3) is 0 Å². The van der Waals surface area contributed by atoms with Crippen LogP contribution in [-0.4, -0.2) is 71.2 Å². The van der Waals surface area contributed by atoms with Gasteiger partial charge in [0.15, 0.2) is 0 Å². The van der Waals surface area contributed by atoms with Crippen LogP contribution in [0.3, 0.4) is 0 Å². The number of rotatable bonds is 10. The van der Waals surface area contributed by atoms with Gasteiger partial charge in [-0.1, -0.05) is 18.2 Å². The summed E-state index contributed by atoms with van der Waals surface area (Å²) in [6, 6.07) is 6.50. The number of likely N-dealkylation sites (N-methyl/N-ethyl adjacent to an activating group) is 1. The van der Waals surface area contributed by atoms with Gasteiger partial charge in [-0.25, -0.2) is 14.4 Å². The maximum atomic E-state index is 14.3. The van der Waals surface area contributed by atoms with E-state index in [4.69, 9.17) is 16.3 Å². The molecular formula is C28H34ClFN8O3. The summed E-state index contributed by atoms with van der Waals surface area (Å²) in [6.07, 6.45) is 3.47. The van der Waals surface area contributed by atoms with Crippen LogP contribution in [0.2, 0.25) is 5.02 Å². The standard InChI is InChI=1S/C28H34ClFN8O3/c1-7-25(39)33-21-12-22(24(41-6)13-23(21)38-9-8-16(14-38)37(4)5)35-27-32-15-31-26(36-27)34-20-11-19(30)18(29)10-17(20)28(2,3)40/h7,10-13,15-16,40H,1,8-9,14H2,2-6H3,(H,33,39)(H2,31,32,34,35,36). The summed E-state index contributed by atoms with van der Waals surface area (Å²) in [7, 11) is 5.65. The van der Waals surface area contributed by atoms with E-state index in [0.29, 0.717) is 28.7 Å². The molecule has 1 aliphatic rings. The van der Waals surface area contributed by atoms with Gasteiger partial charge < -0.3 is 35.6 Å². The van der Waals surface area contributed by atoms with Crippen LogP contribution < -0.4 is 25.6 Å². The Kier molecular flexibility index (Phi) is 8.95. The molecule has 0 spiro atoms. The quantitative estimate of drug-likeness (QED) is 0.250. The summed E-state index contributed by atoms with van der Waals surface area (Å²) in [5.74, 6) is -0.262. The minimum absolute atomic E-state index is 0.0947. The van der Waals surface area contributed by atoms with E-state index in [9.17, 15) is 14.3 Å². The zero-order valence-corrected chi connectivity index (χ0v) is 24.4. The molecule has 1 aromatic heterocycles. The zero-order valence-electron chi connectivity index (χ0n) is 23.6. The topological polar surface area (TPSA) is 128 Å². The van der Waals surface area contributed by atoms with Crippen molar-refractivity contribution < 1.29 is 19.0 Å². The monoisotopic (exact) mass is 584 g/mol. The molecule has 13 heteroatoms. The van der Waals surface area contributed by atoms with E-state index >= 15 is 0 Å². The molecule has 11 nitrogen and oxygen atoms in total. The van der Waals surface area contributed by atoms with E-state index in [-0.39, 0.29) is 28.5 Å². The highest BCUT2D eigenvalue weighted by Crippen LogP contribution is 2.40. The lowest BCUT2D eigenvalue weighted by atomic mass is 9.96. The number of aliphatic hydroxyl groups is 1. The van der Waals surface area contributed by atoms with Gasteiger partial charge in [-0.15, -0.1) is 0 Å². The van der Waals surface area contributed by atoms with E-state index < -0.39 is 11.4 Å². The van der Waals surface area contributed by atoms with Gasteiger partial charge in [-0.05, 0) is 58.6 Å². The molecule has 1 atom stereocenters. The number of methoxy groups -OCH3 is 1. The van der Waals surface area contributed by atoms with E-state index in [0.717, 1.165) is 25.2 Å². The molecule has 4 rings (SSSR count). The van der Waals surface area contributed by atoms with Crippen molar-refractivity contribution in [2.75, 3.05) is 55.1 Å². The number of ether oxygens (including phenoxy) is 1. The summed E-state index contributed by atoms with van der Waals surface area (Å²) in [5.41, 5.74) is 1.15. The Balaban J connectivity index is 1.66. The lowest BCUT2D eigenvalue weighted by Crippen LogP contribution is -2.31. The molecule has 218 valence electrons. The lowest BCUT2D eigenvalue weighted by Gasteiger charge is -2.25. The molecule has 1 amide bonds. The molecule has 0 radical (unpaired) electrons. The first-order valence-corrected chi connectivity index (χ1v) is 13.3. The van der Waals surface area contributed by atoms with Crippen LogP contribution in [0, 0.1) is 5.82 Å². The highest BCUT2D eigenvalue weighted by atomic mass is 35.5. The molecule has 3 aromatic rings. The van der Waals surface area contributed by atoms with Crippen molar-refractivity contribution in [2.24, 2.45) is 0 Å². The first-order valence-electron chi connectivity index (χ1n) is 12.9. The highest BCUT2D eigenvalue weighted by Gasteiger charge is 2.27. The molecular weight excluding hydrogens is 551 g/mol. The Morgan fingerprint density at radius 2 is 1.88 bits per heavy atom. The van der Waals surface area contributed by atoms with E-state index in [1.165, 1.54) is 24.5 Å². The summed E-state index contributed by atoms with van der Waals surface area (Å²) in [4.78, 5) is 29.4. The van der Waals surface area contributed by atoms with Crippen molar-refractivity contribution in [2.45, 2.75) is 31.9 Å². The SMILES string of the molecule is C=CC(=O)Nc1cc(Nc2ncnc(Nc3cc(F)c(Cl)cc3C(C)(C)O)n2)c(OC)cc1N1CCC(N(C)C)C1. The number of amides is 1. The summed E-state index contributed by atoms with van der Waals surface area (Å²) < 4.78 is 20.0. The Bertz CT molecular complexity index is 1450. The van der Waals surface area contributed by atoms with Crippen molar-refractivity contribution in [1.29, 1.82) is 0 Å². The first kappa shape index (κ1) is 30.0. The molecule has 1 aliphatic heterocycles. The fourth-order valence-electron chi connectivity index (χ4n) is 4.58. The minimum atomic E-state index is -1.32. The number of hydrogen-bond donors (Lipinski definition) is 4. The average molecular weight is 585 g/mol. The molecule has 4 N–H and O–H groups in total. The average Bonchev–Trinajstić information content (AvgIpc) is 3.41. The van der Waals surface area contributed by atoms with Crippen LogP contribution in [-0.2, 0) is 10.4 Å². The van der Waals surface area contributed by atoms with Crippen molar-refractivity contribution in [3.63, 3.8) is 0 Å². The summed E-state index contributed by atoms with van der Waals surface area (Å²) in [6.45, 7) is 8.29. The number of nitrogens with one attached hydrogen (secondary N) is 3. The molecule has 0 bridgehead atoms. The first-order chi connectivity index (χ1) is 19.4. The third-order valence-electron chi connectivity index (χ3n) is 6.78. The lowest BCUT2D eigenvalue weighted by molar-refractivity contribution is -0.111. The number of halogens is 2. The van der Waals surface area contributed by atoms with Gasteiger partial charge in [-0.3, -0.25) is 4.79 Å². The van der Waals surface area contributed by atoms with Gasteiger partial charge >= 0.3 is 0 Å². The predicted octanol–water partition coefficient (Wildman–Crippen LogP) is 4.65. The van der Waals surface area contributed by atoms with Gasteiger partial charge in [0.2, 0.25) is 17.8 Å². The molecule has 1 fully saturated rings. The number of benzene rings is 2. The van der Waals surface area contributed by atoms with Gasteiger partial charge in [0.25, 0.3) is 0 Å². The Labute approximate surface area is 243 Å². The fraction of sp³-hybridized carbons (Fsp3) is 0.357. The second-order valence-electron chi connectivity index (χ2n) is 10.4. The number of nitrogens with zero attached hydrogens (tertiary/aromatic N) is 5. The Hall–Kier alpha value is -4.00. The second-order valence-corrected chi connectivity index (χ2v) is 10.8. The molecule has 2 aromatic carbocycles. The molecule has 41 heavy (non-hydrogen) atoms. The van der Waals surface area contributed by atoms with Gasteiger partial charge in [-0.2, -0.15) is 4.98 Å². The fourth-order valence-corrected chi connectivity index (χ4v) is 4.74. The normalized spacial score (nSPS) is 15.1. The molecule has 1 unspecified atom stereocenters. The van der Waals surface area contributed by atoms with E-state index in [1.54, 1.807) is 27.0 Å². The Morgan fingerprint density at radius 3 is 2.46 bits per heavy atom. The smallest absolute Gasteiger partial charge is 0.247 e. The molecule has 0 aliphatic carbocycles.